The molecule has 344 valence electrons. The Morgan fingerprint density at radius 3 is 1.49 bits per heavy atom. The van der Waals surface area contributed by atoms with E-state index in [0.29, 0.717) is 24.1 Å². The highest BCUT2D eigenvalue weighted by Gasteiger charge is 2.13. The van der Waals surface area contributed by atoms with Gasteiger partial charge >= 0.3 is 0 Å². The van der Waals surface area contributed by atoms with E-state index in [2.05, 4.69) is 90.4 Å². The van der Waals surface area contributed by atoms with Crippen LogP contribution in [0.4, 0.5) is 11.6 Å². The van der Waals surface area contributed by atoms with Gasteiger partial charge in [-0.3, -0.25) is 14.9 Å². The molecule has 0 radical (unpaired) electrons. The predicted molar refractivity (Wildman–Crippen MR) is 271 cm³/mol. The first kappa shape index (κ1) is 46.7. The van der Waals surface area contributed by atoms with Crippen molar-refractivity contribution in [2.45, 2.75) is 19.3 Å². The van der Waals surface area contributed by atoms with E-state index >= 15 is 0 Å². The van der Waals surface area contributed by atoms with E-state index in [1.54, 1.807) is 24.8 Å². The number of hydrogen-bond acceptors (Lipinski definition) is 13. The molecule has 0 saturated carbocycles. The molecule has 2 aliphatic heterocycles. The molecule has 0 amide bonds. The van der Waals surface area contributed by atoms with Gasteiger partial charge in [0.05, 0.1) is 30.1 Å². The number of nitrogens with one attached hydrogen (secondary N) is 3. The Kier molecular flexibility index (Phi) is 16.8. The molecule has 13 nitrogen and oxygen atoms in total. The summed E-state index contributed by atoms with van der Waals surface area (Å²) in [5, 5.41) is 11.5. The van der Waals surface area contributed by atoms with Crippen molar-refractivity contribution < 1.29 is 14.2 Å². The van der Waals surface area contributed by atoms with E-state index in [1.165, 1.54) is 32.4 Å². The molecular weight excluding hydrogens is 860 g/mol. The predicted octanol–water partition coefficient (Wildman–Crippen LogP) is 9.89. The quantitative estimate of drug-likeness (QED) is 0.0945. The van der Waals surface area contributed by atoms with Crippen molar-refractivity contribution in [3.63, 3.8) is 0 Å². The molecule has 2 fully saturated rings. The van der Waals surface area contributed by atoms with Crippen molar-refractivity contribution in [3.05, 3.63) is 134 Å². The topological polar surface area (TPSA) is 144 Å². The summed E-state index contributed by atoms with van der Waals surface area (Å²) in [6.07, 6.45) is 11.0. The molecule has 3 N–H and O–H groups in total. The molecule has 4 aromatic heterocycles. The minimum atomic E-state index is 0.472. The second kappa shape index (κ2) is 24.1. The number of ether oxygens (including phenoxy) is 3. The van der Waals surface area contributed by atoms with Crippen LogP contribution in [0.2, 0.25) is 0 Å². The number of rotatable bonds is 13. The van der Waals surface area contributed by atoms with Gasteiger partial charge in [0.1, 0.15) is 36.3 Å². The number of benzene rings is 4. The summed E-state index contributed by atoms with van der Waals surface area (Å²) in [6.45, 7) is 8.47. The molecule has 8 aromatic rings. The van der Waals surface area contributed by atoms with Crippen molar-refractivity contribution in [2.24, 2.45) is 0 Å². The summed E-state index contributed by atoms with van der Waals surface area (Å²) in [7, 11) is 3.75. The highest BCUT2D eigenvalue weighted by molar-refractivity contribution is 6.18. The smallest absolute Gasteiger partial charge is 0.163 e. The van der Waals surface area contributed by atoms with E-state index in [9.17, 15) is 0 Å². The first-order chi connectivity index (χ1) is 33.1. The Labute approximate surface area is 397 Å². The van der Waals surface area contributed by atoms with Crippen LogP contribution < -0.4 is 25.4 Å². The summed E-state index contributed by atoms with van der Waals surface area (Å²) in [4.78, 5) is 29.7. The fraction of sp³-hybridized carbons (Fsp3) is 0.283. The van der Waals surface area contributed by atoms with Gasteiger partial charge in [0.25, 0.3) is 0 Å². The zero-order valence-electron chi connectivity index (χ0n) is 38.1. The largest absolute Gasteiger partial charge is 0.492 e. The lowest BCUT2D eigenvalue weighted by molar-refractivity contribution is 0.109. The van der Waals surface area contributed by atoms with Gasteiger partial charge in [-0.05, 0) is 121 Å². The van der Waals surface area contributed by atoms with Gasteiger partial charge in [0, 0.05) is 80.4 Å². The molecule has 0 spiro atoms. The third kappa shape index (κ3) is 12.8. The Bertz CT molecular complexity index is 2760. The summed E-state index contributed by atoms with van der Waals surface area (Å²) in [5.41, 5.74) is 8.01. The van der Waals surface area contributed by atoms with Gasteiger partial charge in [-0.25, -0.2) is 19.9 Å². The van der Waals surface area contributed by atoms with Gasteiger partial charge < -0.3 is 30.2 Å². The van der Waals surface area contributed by atoms with Crippen molar-refractivity contribution in [1.82, 2.24) is 40.1 Å². The summed E-state index contributed by atoms with van der Waals surface area (Å²) in [6, 6.07) is 36.5. The van der Waals surface area contributed by atoms with Crippen LogP contribution in [0.3, 0.4) is 0 Å². The first-order valence-electron chi connectivity index (χ1n) is 22.9. The van der Waals surface area contributed by atoms with Gasteiger partial charge in [-0.2, -0.15) is 0 Å². The number of halogens is 1. The van der Waals surface area contributed by atoms with Crippen LogP contribution in [0, 0.1) is 0 Å². The van der Waals surface area contributed by atoms with Crippen LogP contribution >= 0.6 is 11.6 Å². The highest BCUT2D eigenvalue weighted by Crippen LogP contribution is 2.32. The summed E-state index contributed by atoms with van der Waals surface area (Å²) in [5.74, 6) is 5.10. The number of aromatic nitrogens is 6. The van der Waals surface area contributed by atoms with Crippen LogP contribution in [0.1, 0.15) is 19.3 Å². The van der Waals surface area contributed by atoms with E-state index in [4.69, 9.17) is 40.8 Å². The van der Waals surface area contributed by atoms with E-state index in [-0.39, 0.29) is 0 Å². The Morgan fingerprint density at radius 2 is 1.07 bits per heavy atom. The number of piperidine rings is 1. The van der Waals surface area contributed by atoms with E-state index in [0.717, 1.165) is 118 Å². The van der Waals surface area contributed by atoms with Crippen LogP contribution in [-0.4, -0.2) is 114 Å². The molecule has 0 bridgehead atoms. The molecule has 6 heterocycles. The molecule has 2 aliphatic rings. The minimum absolute atomic E-state index is 0.472. The maximum atomic E-state index is 5.98. The molecule has 0 unspecified atom stereocenters. The van der Waals surface area contributed by atoms with Crippen molar-refractivity contribution in [1.29, 1.82) is 0 Å². The zero-order valence-corrected chi connectivity index (χ0v) is 38.9. The number of morpholine rings is 1. The average molecular weight is 918 g/mol. The Hall–Kier alpha value is -6.77. The maximum absolute atomic E-state index is 5.98. The van der Waals surface area contributed by atoms with Gasteiger partial charge in [-0.1, -0.05) is 42.8 Å². The number of fused-ring (bicyclic) bond motifs is 2. The van der Waals surface area contributed by atoms with Crippen LogP contribution in [0.15, 0.2) is 134 Å². The SMILES string of the molecule is C1COCCN1.CNc1nc(-c2cccnc2)nc2ccc(-c3ccc(OCCCl)cc3)cc12.CNc1nc(-c2cccnc2)nc2ccc(-c3ccc(OCCN4CCCCC4)cc3)cc12. The number of alkyl halides is 1. The summed E-state index contributed by atoms with van der Waals surface area (Å²) < 4.78 is 16.5. The lowest BCUT2D eigenvalue weighted by atomic mass is 10.0. The lowest BCUT2D eigenvalue weighted by Gasteiger charge is -2.26. The van der Waals surface area contributed by atoms with Crippen molar-refractivity contribution in [2.75, 3.05) is 89.8 Å². The van der Waals surface area contributed by atoms with Gasteiger partial charge in [0.15, 0.2) is 11.6 Å². The number of hydrogen-bond donors (Lipinski definition) is 3. The second-order valence-corrected chi connectivity index (χ2v) is 16.3. The zero-order chi connectivity index (χ0) is 46.0. The molecule has 4 aromatic carbocycles. The van der Waals surface area contributed by atoms with E-state index < -0.39 is 0 Å². The van der Waals surface area contributed by atoms with Crippen LogP contribution in [0.25, 0.3) is 66.8 Å². The number of likely N-dealkylation sites (tertiary alicyclic amines) is 1. The molecular formula is C53H57ClN10O3. The number of anilines is 2. The van der Waals surface area contributed by atoms with Crippen LogP contribution in [0.5, 0.6) is 11.5 Å². The Morgan fingerprint density at radius 1 is 0.582 bits per heavy atom. The molecule has 14 heteroatoms. The van der Waals surface area contributed by atoms with E-state index in [1.807, 2.05) is 68.7 Å². The van der Waals surface area contributed by atoms with Crippen LogP contribution in [-0.2, 0) is 4.74 Å². The number of nitrogens with zero attached hydrogens (tertiary/aromatic N) is 7. The lowest BCUT2D eigenvalue weighted by Crippen LogP contribution is -2.33. The fourth-order valence-corrected chi connectivity index (χ4v) is 7.96. The third-order valence-electron chi connectivity index (χ3n) is 11.4. The van der Waals surface area contributed by atoms with Gasteiger partial charge in [0.2, 0.25) is 0 Å². The standard InChI is InChI=1S/C27H29N5O.C22H19ClN4O.C4H9NO/c1-28-27-24-18-21(9-12-25(24)30-26(31-27)22-6-5-13-29-19-22)20-7-10-23(11-8-20)33-17-16-32-14-3-2-4-15-32;1-24-22-19-13-16(15-4-7-18(8-5-15)28-12-10-23)6-9-20(19)26-21(27-22)17-3-2-11-25-14-17;1-3-6-4-2-5-1/h5-13,18-19H,2-4,14-17H2,1H3,(H,28,30,31);2-9,11,13-14H,10,12H2,1H3,(H,24,26,27);5H,1-4H2. The maximum Gasteiger partial charge on any atom is 0.163 e. The molecule has 10 rings (SSSR count). The van der Waals surface area contributed by atoms with Crippen molar-refractivity contribution >= 4 is 45.0 Å². The first-order valence-corrected chi connectivity index (χ1v) is 23.4. The average Bonchev–Trinajstić information content (AvgIpc) is 3.41. The van der Waals surface area contributed by atoms with Crippen molar-refractivity contribution in [3.8, 4) is 56.5 Å². The molecule has 0 atom stereocenters. The normalized spacial score (nSPS) is 13.7. The molecule has 67 heavy (non-hydrogen) atoms. The minimum Gasteiger partial charge on any atom is -0.492 e. The summed E-state index contributed by atoms with van der Waals surface area (Å²) >= 11 is 5.67. The molecule has 0 aliphatic carbocycles. The number of pyridine rings is 2. The fourth-order valence-electron chi connectivity index (χ4n) is 7.88. The monoisotopic (exact) mass is 916 g/mol. The molecule has 2 saturated heterocycles. The third-order valence-corrected chi connectivity index (χ3v) is 11.6. The highest BCUT2D eigenvalue weighted by atomic mass is 35.5. The Balaban J connectivity index is 0.000000163. The second-order valence-electron chi connectivity index (χ2n) is 15.9. The van der Waals surface area contributed by atoms with Gasteiger partial charge in [-0.15, -0.1) is 11.6 Å².